The zero-order chi connectivity index (χ0) is 28.5. The van der Waals surface area contributed by atoms with Crippen molar-refractivity contribution in [3.8, 4) is 5.75 Å². The first-order valence-corrected chi connectivity index (χ1v) is 12.6. The lowest BCUT2D eigenvalue weighted by Gasteiger charge is -2.28. The number of para-hydroxylation sites is 1. The zero-order valence-corrected chi connectivity index (χ0v) is 21.3. The van der Waals surface area contributed by atoms with Crippen molar-refractivity contribution in [1.82, 2.24) is 15.6 Å². The smallest absolute Gasteiger partial charge is 0.534 e. The number of nitrogens with one attached hydrogen (secondary N) is 2. The lowest BCUT2D eigenvalue weighted by Crippen LogP contribution is -2.54. The largest absolute Gasteiger partial charge is 0.547 e. The number of carbonyl (C=O) groups is 4. The van der Waals surface area contributed by atoms with E-state index in [1.807, 2.05) is 0 Å². The molecule has 1 aromatic heterocycles. The number of aliphatic carboxylic acids is 1. The van der Waals surface area contributed by atoms with Gasteiger partial charge in [-0.1, -0.05) is 17.3 Å². The van der Waals surface area contributed by atoms with E-state index in [0.717, 1.165) is 11.3 Å². The number of hydrogen-bond acceptors (Lipinski definition) is 12. The van der Waals surface area contributed by atoms with Gasteiger partial charge in [0.15, 0.2) is 17.5 Å². The quantitative estimate of drug-likeness (QED) is 0.0671. The molecule has 1 aliphatic rings. The molecule has 0 radical (unpaired) electrons. The van der Waals surface area contributed by atoms with Crippen LogP contribution in [0.5, 0.6) is 5.75 Å². The number of benzene rings is 1. The van der Waals surface area contributed by atoms with E-state index in [0.29, 0.717) is 24.9 Å². The molecule has 3 rings (SSSR count). The van der Waals surface area contributed by atoms with E-state index in [1.165, 1.54) is 17.5 Å². The number of hydrogen-bond donors (Lipinski definition) is 7. The number of thiazole rings is 1. The lowest BCUT2D eigenvalue weighted by atomic mass is 9.72. The van der Waals surface area contributed by atoms with Gasteiger partial charge in [-0.2, -0.15) is 0 Å². The standard InChI is InChI=1S/C22H27BN6O9S/c24-7-2-1-6-13(21(34)35)26-16(30)9-37-29-17(14-10-39-22(25)27-14)19(31)28-15-8-11-4-3-5-12(20(32)33)18(11)38-23(15)36/h3-5,10,13,15,36H,1-2,6-9,24H2,(H2,25,27)(H,26,30)(H,28,31)(H,32,33)(H,34,35)/b29-17-/t13-,15?/m0/s1. The summed E-state index contributed by atoms with van der Waals surface area (Å²) >= 11 is 1.02. The summed E-state index contributed by atoms with van der Waals surface area (Å²) in [7, 11) is -1.58. The second-order valence-electron chi connectivity index (χ2n) is 8.42. The SMILES string of the molecule is NCCCC[C@H](NC(=O)CO/N=C(\C(=O)NC1Cc2cccc(C(=O)O)c2OB1O)c1csc(N)n1)C(=O)O. The number of carboxylic acid groups (broad SMARTS) is 2. The fourth-order valence-electron chi connectivity index (χ4n) is 3.70. The summed E-state index contributed by atoms with van der Waals surface area (Å²) < 4.78 is 5.38. The molecule has 1 aromatic carbocycles. The van der Waals surface area contributed by atoms with Crippen molar-refractivity contribution < 1.29 is 43.9 Å². The van der Waals surface area contributed by atoms with Gasteiger partial charge in [0.1, 0.15) is 17.5 Å². The van der Waals surface area contributed by atoms with Crippen LogP contribution in [0.15, 0.2) is 28.7 Å². The van der Waals surface area contributed by atoms with E-state index in [1.54, 1.807) is 6.07 Å². The molecular weight excluding hydrogens is 535 g/mol. The number of aromatic carboxylic acids is 1. The normalized spacial score (nSPS) is 15.5. The minimum atomic E-state index is -1.58. The first-order valence-electron chi connectivity index (χ1n) is 11.7. The number of carbonyl (C=O) groups excluding carboxylic acids is 2. The molecule has 0 aliphatic carbocycles. The summed E-state index contributed by atoms with van der Waals surface area (Å²) in [6, 6.07) is 3.30. The van der Waals surface area contributed by atoms with Gasteiger partial charge < -0.3 is 46.8 Å². The highest BCUT2D eigenvalue weighted by Gasteiger charge is 2.38. The molecule has 2 atom stereocenters. The summed E-state index contributed by atoms with van der Waals surface area (Å²) in [5.41, 5.74) is 11.1. The number of aromatic nitrogens is 1. The molecule has 2 heterocycles. The highest BCUT2D eigenvalue weighted by molar-refractivity contribution is 7.13. The first kappa shape index (κ1) is 29.3. The maximum absolute atomic E-state index is 13.1. The van der Waals surface area contributed by atoms with Crippen LogP contribution in [0.1, 0.15) is 40.9 Å². The van der Waals surface area contributed by atoms with Gasteiger partial charge in [-0.15, -0.1) is 11.3 Å². The first-order chi connectivity index (χ1) is 18.6. The third kappa shape index (κ3) is 7.89. The fourth-order valence-corrected chi connectivity index (χ4v) is 4.24. The minimum Gasteiger partial charge on any atom is -0.534 e. The van der Waals surface area contributed by atoms with Crippen molar-refractivity contribution in [1.29, 1.82) is 0 Å². The predicted octanol–water partition coefficient (Wildman–Crippen LogP) is -1.02. The zero-order valence-electron chi connectivity index (χ0n) is 20.5. The summed E-state index contributed by atoms with van der Waals surface area (Å²) in [6.45, 7) is -0.304. The fraction of sp³-hybridized carbons (Fsp3) is 0.364. The molecule has 9 N–H and O–H groups in total. The van der Waals surface area contributed by atoms with Gasteiger partial charge in [-0.05, 0) is 43.9 Å². The van der Waals surface area contributed by atoms with Crippen LogP contribution in [0.3, 0.4) is 0 Å². The van der Waals surface area contributed by atoms with Gasteiger partial charge in [0.25, 0.3) is 11.8 Å². The molecule has 15 nitrogen and oxygen atoms in total. The predicted molar refractivity (Wildman–Crippen MR) is 139 cm³/mol. The number of nitrogens with two attached hydrogens (primary N) is 2. The monoisotopic (exact) mass is 562 g/mol. The molecule has 0 saturated carbocycles. The van der Waals surface area contributed by atoms with Crippen molar-refractivity contribution in [3.05, 3.63) is 40.4 Å². The van der Waals surface area contributed by atoms with Crippen LogP contribution in [-0.4, -0.2) is 81.9 Å². The molecule has 17 heteroatoms. The molecule has 0 spiro atoms. The second-order valence-corrected chi connectivity index (χ2v) is 9.31. The van der Waals surface area contributed by atoms with Crippen LogP contribution < -0.4 is 26.8 Å². The van der Waals surface area contributed by atoms with E-state index in [2.05, 4.69) is 20.8 Å². The van der Waals surface area contributed by atoms with Crippen LogP contribution in [-0.2, 0) is 25.6 Å². The average molecular weight is 562 g/mol. The van der Waals surface area contributed by atoms with Crippen LogP contribution in [0.25, 0.3) is 0 Å². The van der Waals surface area contributed by atoms with Crippen molar-refractivity contribution in [2.75, 3.05) is 18.9 Å². The molecule has 0 bridgehead atoms. The Kier molecular flexibility index (Phi) is 10.2. The van der Waals surface area contributed by atoms with Gasteiger partial charge in [0, 0.05) is 5.38 Å². The molecule has 208 valence electrons. The van der Waals surface area contributed by atoms with Crippen molar-refractivity contribution in [2.45, 2.75) is 37.7 Å². The van der Waals surface area contributed by atoms with Gasteiger partial charge in [-0.3, -0.25) is 9.59 Å². The number of amides is 2. The topological polar surface area (TPSA) is 249 Å². The molecule has 1 aliphatic heterocycles. The van der Waals surface area contributed by atoms with Crippen LogP contribution in [0.2, 0.25) is 0 Å². The van der Waals surface area contributed by atoms with Crippen molar-refractivity contribution >= 4 is 53.1 Å². The van der Waals surface area contributed by atoms with E-state index < -0.39 is 49.5 Å². The summed E-state index contributed by atoms with van der Waals surface area (Å²) in [5, 5.41) is 39.2. The molecule has 39 heavy (non-hydrogen) atoms. The Labute approximate surface area is 226 Å². The van der Waals surface area contributed by atoms with Gasteiger partial charge >= 0.3 is 19.1 Å². The summed E-state index contributed by atoms with van der Waals surface area (Å²) in [4.78, 5) is 57.2. The molecule has 1 unspecified atom stereocenters. The summed E-state index contributed by atoms with van der Waals surface area (Å²) in [5.74, 6) is -5.07. The molecular formula is C22H27BN6O9S. The number of nitrogens with zero attached hydrogens (tertiary/aromatic N) is 2. The maximum atomic E-state index is 13.1. The molecule has 2 amide bonds. The van der Waals surface area contributed by atoms with E-state index in [4.69, 9.17) is 21.0 Å². The van der Waals surface area contributed by atoms with Gasteiger partial charge in [-0.25, -0.2) is 14.6 Å². The average Bonchev–Trinajstić information content (AvgIpc) is 3.31. The van der Waals surface area contributed by atoms with Crippen LogP contribution >= 0.6 is 11.3 Å². The number of fused-ring (bicyclic) bond motifs is 1. The number of oxime groups is 1. The number of nitrogen functional groups attached to an aromatic ring is 1. The van der Waals surface area contributed by atoms with Gasteiger partial charge in [0.05, 0.1) is 11.5 Å². The number of unbranched alkanes of at least 4 members (excludes halogenated alkanes) is 1. The number of carboxylic acids is 2. The highest BCUT2D eigenvalue weighted by Crippen LogP contribution is 2.30. The molecule has 0 saturated heterocycles. The molecule has 2 aromatic rings. The number of rotatable bonds is 13. The molecule has 0 fully saturated rings. The van der Waals surface area contributed by atoms with E-state index in [-0.39, 0.29) is 40.7 Å². The summed E-state index contributed by atoms with van der Waals surface area (Å²) in [6.07, 6.45) is 1.32. The number of anilines is 1. The third-order valence-corrected chi connectivity index (χ3v) is 6.25. The van der Waals surface area contributed by atoms with E-state index in [9.17, 15) is 34.4 Å². The lowest BCUT2D eigenvalue weighted by molar-refractivity contribution is -0.142. The van der Waals surface area contributed by atoms with Crippen LogP contribution in [0.4, 0.5) is 5.13 Å². The van der Waals surface area contributed by atoms with Crippen LogP contribution in [0, 0.1) is 0 Å². The van der Waals surface area contributed by atoms with Gasteiger partial charge in [0.2, 0.25) is 0 Å². The highest BCUT2D eigenvalue weighted by atomic mass is 32.1. The van der Waals surface area contributed by atoms with E-state index >= 15 is 0 Å². The third-order valence-electron chi connectivity index (χ3n) is 5.58. The van der Waals surface area contributed by atoms with Crippen molar-refractivity contribution in [3.63, 3.8) is 0 Å². The Hall–Kier alpha value is -4.22. The minimum absolute atomic E-state index is 0.00111. The Morgan fingerprint density at radius 3 is 2.69 bits per heavy atom. The Morgan fingerprint density at radius 2 is 2.05 bits per heavy atom. The maximum Gasteiger partial charge on any atom is 0.547 e. The Bertz CT molecular complexity index is 1260. The van der Waals surface area contributed by atoms with Crippen molar-refractivity contribution in [2.24, 2.45) is 10.9 Å². The second kappa shape index (κ2) is 13.5. The Balaban J connectivity index is 1.69. The Morgan fingerprint density at radius 1 is 1.28 bits per heavy atom.